The lowest BCUT2D eigenvalue weighted by Gasteiger charge is -2.09. The van der Waals surface area contributed by atoms with Gasteiger partial charge in [0.05, 0.1) is 35.3 Å². The minimum Gasteiger partial charge on any atom is -0.460 e. The molecule has 0 aliphatic carbocycles. The molecule has 154 valence electrons. The van der Waals surface area contributed by atoms with Crippen LogP contribution in [-0.4, -0.2) is 47.2 Å². The number of aryl methyl sites for hydroxylation is 1. The van der Waals surface area contributed by atoms with Crippen molar-refractivity contribution >= 4 is 29.3 Å². The van der Waals surface area contributed by atoms with Gasteiger partial charge in [0.15, 0.2) is 5.82 Å². The third-order valence-corrected chi connectivity index (χ3v) is 4.49. The van der Waals surface area contributed by atoms with Crippen molar-refractivity contribution in [3.63, 3.8) is 0 Å². The van der Waals surface area contributed by atoms with Crippen molar-refractivity contribution in [2.45, 2.75) is 6.92 Å². The Bertz CT molecular complexity index is 1060. The Kier molecular flexibility index (Phi) is 7.05. The molecule has 0 aliphatic rings. The van der Waals surface area contributed by atoms with E-state index in [4.69, 9.17) is 21.1 Å². The summed E-state index contributed by atoms with van der Waals surface area (Å²) in [7, 11) is 1.53. The number of hydrogen-bond donors (Lipinski definition) is 1. The maximum atomic E-state index is 12.4. The molecule has 0 atom stereocenters. The molecule has 9 heteroatoms. The van der Waals surface area contributed by atoms with Crippen LogP contribution in [0.3, 0.4) is 0 Å². The number of hydrogen-bond acceptors (Lipinski definition) is 7. The number of methoxy groups -OCH3 is 1. The van der Waals surface area contributed by atoms with E-state index in [9.17, 15) is 9.59 Å². The van der Waals surface area contributed by atoms with Crippen molar-refractivity contribution in [3.8, 4) is 11.3 Å². The summed E-state index contributed by atoms with van der Waals surface area (Å²) >= 11 is 6.27. The number of esters is 1. The lowest BCUT2D eigenvalue weighted by molar-refractivity contribution is 0.0388. The van der Waals surface area contributed by atoms with E-state index in [2.05, 4.69) is 20.3 Å². The van der Waals surface area contributed by atoms with Gasteiger partial charge in [-0.25, -0.2) is 9.78 Å². The van der Waals surface area contributed by atoms with Crippen molar-refractivity contribution in [2.24, 2.45) is 0 Å². The number of aromatic nitrogens is 3. The molecule has 1 amide bonds. The summed E-state index contributed by atoms with van der Waals surface area (Å²) < 4.78 is 9.98. The lowest BCUT2D eigenvalue weighted by Crippen LogP contribution is -2.14. The van der Waals surface area contributed by atoms with Crippen LogP contribution in [0, 0.1) is 6.92 Å². The maximum absolute atomic E-state index is 12.4. The molecule has 8 nitrogen and oxygen atoms in total. The van der Waals surface area contributed by atoms with Crippen LogP contribution in [0.5, 0.6) is 0 Å². The van der Waals surface area contributed by atoms with E-state index in [-0.39, 0.29) is 18.3 Å². The summed E-state index contributed by atoms with van der Waals surface area (Å²) in [5.74, 6) is -0.517. The zero-order chi connectivity index (χ0) is 21.5. The molecule has 2 aromatic heterocycles. The first-order valence-electron chi connectivity index (χ1n) is 8.99. The fourth-order valence-electron chi connectivity index (χ4n) is 2.59. The van der Waals surface area contributed by atoms with Crippen molar-refractivity contribution in [2.75, 3.05) is 25.6 Å². The molecule has 0 saturated carbocycles. The van der Waals surface area contributed by atoms with Crippen LogP contribution < -0.4 is 5.32 Å². The lowest BCUT2D eigenvalue weighted by atomic mass is 10.1. The number of anilines is 1. The summed E-state index contributed by atoms with van der Waals surface area (Å²) in [5, 5.41) is 3.10. The monoisotopic (exact) mass is 426 g/mol. The number of carbonyl (C=O) groups excluding carboxylic acids is 2. The number of benzene rings is 1. The van der Waals surface area contributed by atoms with Gasteiger partial charge in [0.25, 0.3) is 5.91 Å². The minimum absolute atomic E-state index is 0.151. The first kappa shape index (κ1) is 21.4. The van der Waals surface area contributed by atoms with Crippen LogP contribution in [0.2, 0.25) is 5.02 Å². The van der Waals surface area contributed by atoms with E-state index in [1.165, 1.54) is 19.5 Å². The average molecular weight is 427 g/mol. The summed E-state index contributed by atoms with van der Waals surface area (Å²) in [6.07, 6.45) is 6.05. The fraction of sp³-hybridized carbons (Fsp3) is 0.190. The summed E-state index contributed by atoms with van der Waals surface area (Å²) in [4.78, 5) is 37.0. The van der Waals surface area contributed by atoms with Gasteiger partial charge in [0.1, 0.15) is 6.61 Å². The van der Waals surface area contributed by atoms with Crippen LogP contribution in [0.15, 0.2) is 49.1 Å². The zero-order valence-corrected chi connectivity index (χ0v) is 17.1. The zero-order valence-electron chi connectivity index (χ0n) is 16.4. The highest BCUT2D eigenvalue weighted by molar-refractivity contribution is 6.33. The number of halogens is 1. The Balaban J connectivity index is 1.76. The second kappa shape index (κ2) is 9.91. The first-order valence-corrected chi connectivity index (χ1v) is 9.37. The Morgan fingerprint density at radius 1 is 1.10 bits per heavy atom. The van der Waals surface area contributed by atoms with E-state index in [0.29, 0.717) is 34.0 Å². The third-order valence-electron chi connectivity index (χ3n) is 4.16. The van der Waals surface area contributed by atoms with Crippen molar-refractivity contribution < 1.29 is 19.1 Å². The van der Waals surface area contributed by atoms with Gasteiger partial charge in [-0.15, -0.1) is 0 Å². The van der Waals surface area contributed by atoms with Gasteiger partial charge in [-0.1, -0.05) is 11.6 Å². The molecule has 0 unspecified atom stereocenters. The van der Waals surface area contributed by atoms with Gasteiger partial charge in [0.2, 0.25) is 0 Å². The van der Waals surface area contributed by atoms with E-state index < -0.39 is 5.97 Å². The largest absolute Gasteiger partial charge is 0.460 e. The highest BCUT2D eigenvalue weighted by atomic mass is 35.5. The highest BCUT2D eigenvalue weighted by Gasteiger charge is 2.14. The van der Waals surface area contributed by atoms with Gasteiger partial charge in [-0.3, -0.25) is 14.8 Å². The van der Waals surface area contributed by atoms with Crippen molar-refractivity contribution in [3.05, 3.63) is 70.8 Å². The molecule has 1 N–H and O–H groups in total. The highest BCUT2D eigenvalue weighted by Crippen LogP contribution is 2.27. The Hall–Kier alpha value is -3.36. The Morgan fingerprint density at radius 3 is 2.63 bits per heavy atom. The summed E-state index contributed by atoms with van der Waals surface area (Å²) in [5.41, 5.74) is 2.55. The van der Waals surface area contributed by atoms with Gasteiger partial charge < -0.3 is 14.8 Å². The predicted octanol–water partition coefficient (Wildman–Crippen LogP) is 3.56. The van der Waals surface area contributed by atoms with E-state index in [0.717, 1.165) is 5.56 Å². The minimum atomic E-state index is -0.491. The molecule has 0 radical (unpaired) electrons. The summed E-state index contributed by atoms with van der Waals surface area (Å²) in [6.45, 7) is 2.26. The molecule has 0 fully saturated rings. The topological polar surface area (TPSA) is 103 Å². The first-order chi connectivity index (χ1) is 14.5. The van der Waals surface area contributed by atoms with E-state index in [1.54, 1.807) is 43.6 Å². The maximum Gasteiger partial charge on any atom is 0.338 e. The van der Waals surface area contributed by atoms with Crippen LogP contribution in [0.25, 0.3) is 11.3 Å². The van der Waals surface area contributed by atoms with Gasteiger partial charge in [0, 0.05) is 30.6 Å². The Labute approximate surface area is 178 Å². The molecule has 0 aliphatic heterocycles. The second-order valence-corrected chi connectivity index (χ2v) is 6.66. The molecular formula is C21H19ClN4O4. The quantitative estimate of drug-likeness (QED) is 0.455. The predicted molar refractivity (Wildman–Crippen MR) is 112 cm³/mol. The van der Waals surface area contributed by atoms with Crippen LogP contribution in [0.1, 0.15) is 26.3 Å². The smallest absolute Gasteiger partial charge is 0.338 e. The number of amides is 1. The molecule has 1 aromatic carbocycles. The molecule has 0 spiro atoms. The number of carbonyl (C=O) groups is 2. The van der Waals surface area contributed by atoms with E-state index >= 15 is 0 Å². The molecule has 3 rings (SSSR count). The molecule has 2 heterocycles. The second-order valence-electron chi connectivity index (χ2n) is 6.25. The SMILES string of the molecule is COCCOC(=O)c1ccc(Cl)c(-c2cnc(NC(=O)c3ccncc3C)cn2)c1. The van der Waals surface area contributed by atoms with Gasteiger partial charge >= 0.3 is 5.97 Å². The summed E-state index contributed by atoms with van der Waals surface area (Å²) in [6, 6.07) is 6.37. The van der Waals surface area contributed by atoms with Crippen LogP contribution >= 0.6 is 11.6 Å². The Morgan fingerprint density at radius 2 is 1.93 bits per heavy atom. The van der Waals surface area contributed by atoms with Gasteiger partial charge in [-0.05, 0) is 36.8 Å². The number of nitrogens with zero attached hydrogens (tertiary/aromatic N) is 3. The average Bonchev–Trinajstić information content (AvgIpc) is 2.75. The molecule has 0 bridgehead atoms. The molecular weight excluding hydrogens is 408 g/mol. The standard InChI is InChI=1S/C21H19ClN4O4/c1-13-10-23-6-5-15(13)20(27)26-19-12-24-18(11-25-19)16-9-14(3-4-17(16)22)21(28)30-8-7-29-2/h3-6,9-12H,7-8H2,1-2H3,(H,25,26,27). The third kappa shape index (κ3) is 5.16. The number of nitrogens with one attached hydrogen (secondary N) is 1. The normalized spacial score (nSPS) is 10.5. The van der Waals surface area contributed by atoms with Gasteiger partial charge in [-0.2, -0.15) is 0 Å². The molecule has 3 aromatic rings. The molecule has 0 saturated heterocycles. The number of ether oxygens (including phenoxy) is 2. The van der Waals surface area contributed by atoms with E-state index in [1.807, 2.05) is 0 Å². The number of pyridine rings is 1. The van der Waals surface area contributed by atoms with Crippen molar-refractivity contribution in [1.29, 1.82) is 0 Å². The number of rotatable bonds is 7. The van der Waals surface area contributed by atoms with Crippen molar-refractivity contribution in [1.82, 2.24) is 15.0 Å². The van der Waals surface area contributed by atoms with Crippen LogP contribution in [0.4, 0.5) is 5.82 Å². The van der Waals surface area contributed by atoms with Crippen LogP contribution in [-0.2, 0) is 9.47 Å². The fourth-order valence-corrected chi connectivity index (χ4v) is 2.81. The molecule has 30 heavy (non-hydrogen) atoms.